The molecule has 15 heavy (non-hydrogen) atoms. The molecular weight excluding hydrogens is 214 g/mol. The highest BCUT2D eigenvalue weighted by Crippen LogP contribution is 2.37. The zero-order valence-corrected chi connectivity index (χ0v) is 9.60. The maximum atomic E-state index is 11.3. The molecule has 4 nitrogen and oxygen atoms in total. The third kappa shape index (κ3) is 1.89. The Labute approximate surface area is 92.2 Å². The second-order valence-electron chi connectivity index (χ2n) is 3.70. The monoisotopic (exact) mass is 227 g/mol. The molecule has 0 radical (unpaired) electrons. The summed E-state index contributed by atoms with van der Waals surface area (Å²) in [4.78, 5) is 16.0. The van der Waals surface area contributed by atoms with E-state index in [1.807, 2.05) is 6.92 Å². The zero-order chi connectivity index (χ0) is 10.9. The highest BCUT2D eigenvalue weighted by Gasteiger charge is 2.35. The van der Waals surface area contributed by atoms with Gasteiger partial charge in [-0.15, -0.1) is 11.3 Å². The number of methoxy groups -OCH3 is 1. The van der Waals surface area contributed by atoms with Crippen LogP contribution in [0.1, 0.15) is 34.4 Å². The van der Waals surface area contributed by atoms with E-state index in [2.05, 4.69) is 9.72 Å². The molecule has 1 aromatic rings. The standard InChI is InChI=1S/C10H13NO3S/c1-10(4-3-5-14-10)9-11-6-7(15-9)8(12)13-2/h6H,3-5H2,1-2H3. The summed E-state index contributed by atoms with van der Waals surface area (Å²) < 4.78 is 10.3. The van der Waals surface area contributed by atoms with Crippen LogP contribution in [-0.4, -0.2) is 24.7 Å². The van der Waals surface area contributed by atoms with Crippen molar-refractivity contribution < 1.29 is 14.3 Å². The number of carbonyl (C=O) groups is 1. The van der Waals surface area contributed by atoms with Crippen molar-refractivity contribution in [3.05, 3.63) is 16.1 Å². The number of carbonyl (C=O) groups excluding carboxylic acids is 1. The van der Waals surface area contributed by atoms with Crippen LogP contribution in [0.5, 0.6) is 0 Å². The van der Waals surface area contributed by atoms with E-state index in [9.17, 15) is 4.79 Å². The summed E-state index contributed by atoms with van der Waals surface area (Å²) in [6.45, 7) is 2.78. The highest BCUT2D eigenvalue weighted by molar-refractivity contribution is 7.13. The van der Waals surface area contributed by atoms with Crippen molar-refractivity contribution in [1.82, 2.24) is 4.98 Å². The Kier molecular flexibility index (Phi) is 2.75. The van der Waals surface area contributed by atoms with E-state index in [-0.39, 0.29) is 11.6 Å². The Morgan fingerprint density at radius 1 is 1.73 bits per heavy atom. The molecule has 0 bridgehead atoms. The number of hydrogen-bond donors (Lipinski definition) is 0. The van der Waals surface area contributed by atoms with E-state index in [1.165, 1.54) is 18.4 Å². The largest absolute Gasteiger partial charge is 0.465 e. The molecule has 0 spiro atoms. The Morgan fingerprint density at radius 2 is 2.53 bits per heavy atom. The predicted octanol–water partition coefficient (Wildman–Crippen LogP) is 1.96. The molecule has 1 aromatic heterocycles. The number of hydrogen-bond acceptors (Lipinski definition) is 5. The van der Waals surface area contributed by atoms with E-state index >= 15 is 0 Å². The average molecular weight is 227 g/mol. The number of thiazole rings is 1. The molecule has 0 saturated carbocycles. The first-order chi connectivity index (χ1) is 7.15. The van der Waals surface area contributed by atoms with Gasteiger partial charge in [0.2, 0.25) is 0 Å². The van der Waals surface area contributed by atoms with Crippen LogP contribution in [0.25, 0.3) is 0 Å². The molecule has 0 aromatic carbocycles. The molecule has 1 aliphatic rings. The molecule has 1 fully saturated rings. The topological polar surface area (TPSA) is 48.4 Å². The average Bonchev–Trinajstić information content (AvgIpc) is 2.85. The smallest absolute Gasteiger partial charge is 0.349 e. The van der Waals surface area contributed by atoms with Crippen molar-refractivity contribution in [3.63, 3.8) is 0 Å². The molecule has 2 rings (SSSR count). The van der Waals surface area contributed by atoms with E-state index in [0.717, 1.165) is 24.5 Å². The Bertz CT molecular complexity index is 368. The van der Waals surface area contributed by atoms with E-state index in [4.69, 9.17) is 4.74 Å². The minimum Gasteiger partial charge on any atom is -0.465 e. The normalized spacial score (nSPS) is 25.5. The predicted molar refractivity (Wildman–Crippen MR) is 56.0 cm³/mol. The first-order valence-electron chi connectivity index (χ1n) is 4.84. The highest BCUT2D eigenvalue weighted by atomic mass is 32.1. The fourth-order valence-electron chi connectivity index (χ4n) is 1.66. The van der Waals surface area contributed by atoms with Crippen molar-refractivity contribution in [2.24, 2.45) is 0 Å². The van der Waals surface area contributed by atoms with Gasteiger partial charge >= 0.3 is 5.97 Å². The maximum absolute atomic E-state index is 11.3. The molecule has 1 saturated heterocycles. The lowest BCUT2D eigenvalue weighted by Gasteiger charge is -2.19. The van der Waals surface area contributed by atoms with E-state index < -0.39 is 0 Å². The lowest BCUT2D eigenvalue weighted by molar-refractivity contribution is 0.0166. The molecule has 0 aliphatic carbocycles. The van der Waals surface area contributed by atoms with Crippen LogP contribution in [0.2, 0.25) is 0 Å². The first-order valence-corrected chi connectivity index (χ1v) is 5.66. The Morgan fingerprint density at radius 3 is 3.13 bits per heavy atom. The van der Waals surface area contributed by atoms with Gasteiger partial charge in [-0.2, -0.15) is 0 Å². The van der Waals surface area contributed by atoms with Crippen molar-refractivity contribution in [3.8, 4) is 0 Å². The van der Waals surface area contributed by atoms with Gasteiger partial charge in [-0.25, -0.2) is 9.78 Å². The molecule has 82 valence electrons. The summed E-state index contributed by atoms with van der Waals surface area (Å²) >= 11 is 1.35. The van der Waals surface area contributed by atoms with Gasteiger partial charge in [-0.3, -0.25) is 0 Å². The van der Waals surface area contributed by atoms with Crippen molar-refractivity contribution in [2.75, 3.05) is 13.7 Å². The summed E-state index contributed by atoms with van der Waals surface area (Å²) in [5.74, 6) is -0.333. The van der Waals surface area contributed by atoms with Crippen LogP contribution in [-0.2, 0) is 15.1 Å². The molecule has 1 unspecified atom stereocenters. The number of ether oxygens (including phenoxy) is 2. The summed E-state index contributed by atoms with van der Waals surface area (Å²) in [6, 6.07) is 0. The van der Waals surface area contributed by atoms with Gasteiger partial charge in [0, 0.05) is 6.61 Å². The Hall–Kier alpha value is -0.940. The quantitative estimate of drug-likeness (QED) is 0.725. The fraction of sp³-hybridized carbons (Fsp3) is 0.600. The van der Waals surface area contributed by atoms with Crippen molar-refractivity contribution >= 4 is 17.3 Å². The Balaban J connectivity index is 2.23. The van der Waals surface area contributed by atoms with E-state index in [1.54, 1.807) is 6.20 Å². The van der Waals surface area contributed by atoms with Gasteiger partial charge in [0.1, 0.15) is 15.5 Å². The van der Waals surface area contributed by atoms with Gasteiger partial charge in [-0.05, 0) is 19.8 Å². The molecule has 0 amide bonds. The van der Waals surface area contributed by atoms with Gasteiger partial charge < -0.3 is 9.47 Å². The third-order valence-corrected chi connectivity index (χ3v) is 3.79. The molecule has 1 atom stereocenters. The summed E-state index contributed by atoms with van der Waals surface area (Å²) in [6.07, 6.45) is 3.56. The second-order valence-corrected chi connectivity index (χ2v) is 4.73. The van der Waals surface area contributed by atoms with Crippen LogP contribution in [0.15, 0.2) is 6.20 Å². The molecule has 2 heterocycles. The fourth-order valence-corrected chi connectivity index (χ4v) is 2.62. The summed E-state index contributed by atoms with van der Waals surface area (Å²) in [7, 11) is 1.37. The van der Waals surface area contributed by atoms with Gasteiger partial charge in [0.25, 0.3) is 0 Å². The summed E-state index contributed by atoms with van der Waals surface area (Å²) in [5.41, 5.74) is -0.309. The lowest BCUT2D eigenvalue weighted by atomic mass is 10.0. The van der Waals surface area contributed by atoms with Crippen LogP contribution in [0.4, 0.5) is 0 Å². The molecule has 5 heteroatoms. The zero-order valence-electron chi connectivity index (χ0n) is 8.78. The SMILES string of the molecule is COC(=O)c1cnc(C2(C)CCCO2)s1. The van der Waals surface area contributed by atoms with Crippen LogP contribution >= 0.6 is 11.3 Å². The number of rotatable bonds is 2. The van der Waals surface area contributed by atoms with Crippen LogP contribution < -0.4 is 0 Å². The number of esters is 1. The summed E-state index contributed by atoms with van der Waals surface area (Å²) in [5, 5.41) is 0.861. The third-order valence-electron chi connectivity index (χ3n) is 2.56. The minimum atomic E-state index is -0.333. The van der Waals surface area contributed by atoms with Gasteiger partial charge in [0.05, 0.1) is 13.3 Å². The number of nitrogens with zero attached hydrogens (tertiary/aromatic N) is 1. The lowest BCUT2D eigenvalue weighted by Crippen LogP contribution is -2.19. The molecular formula is C10H13NO3S. The number of aromatic nitrogens is 1. The minimum absolute atomic E-state index is 0.309. The maximum Gasteiger partial charge on any atom is 0.349 e. The van der Waals surface area contributed by atoms with Crippen LogP contribution in [0, 0.1) is 0 Å². The molecule has 1 aliphatic heterocycles. The second kappa shape index (κ2) is 3.90. The van der Waals surface area contributed by atoms with Gasteiger partial charge in [-0.1, -0.05) is 0 Å². The van der Waals surface area contributed by atoms with Crippen molar-refractivity contribution in [1.29, 1.82) is 0 Å². The first kappa shape index (κ1) is 10.6. The van der Waals surface area contributed by atoms with E-state index in [0.29, 0.717) is 4.88 Å². The molecule has 0 N–H and O–H groups in total. The van der Waals surface area contributed by atoms with Crippen molar-refractivity contribution in [2.45, 2.75) is 25.4 Å². The van der Waals surface area contributed by atoms with Gasteiger partial charge in [0.15, 0.2) is 0 Å². The van der Waals surface area contributed by atoms with Crippen LogP contribution in [0.3, 0.4) is 0 Å².